The van der Waals surface area contributed by atoms with E-state index in [1.807, 2.05) is 26.0 Å². The van der Waals surface area contributed by atoms with Crippen molar-refractivity contribution in [3.63, 3.8) is 0 Å². The van der Waals surface area contributed by atoms with E-state index in [9.17, 15) is 34.6 Å². The van der Waals surface area contributed by atoms with Gasteiger partial charge in [0.25, 0.3) is 17.5 Å². The van der Waals surface area contributed by atoms with Crippen molar-refractivity contribution in [3.05, 3.63) is 116 Å². The molecule has 0 fully saturated rings. The molecule has 0 saturated heterocycles. The lowest BCUT2D eigenvalue weighted by molar-refractivity contribution is -0.384. The molecule has 50 heavy (non-hydrogen) atoms. The number of non-ortho nitro benzene ring substituents is 1. The van der Waals surface area contributed by atoms with Crippen LogP contribution < -0.4 is 25.4 Å². The van der Waals surface area contributed by atoms with Crippen LogP contribution in [0.3, 0.4) is 0 Å². The average Bonchev–Trinajstić information content (AvgIpc) is 3.10. The Labute approximate surface area is 288 Å². The number of nitro benzene ring substituents is 1. The summed E-state index contributed by atoms with van der Waals surface area (Å²) in [6, 6.07) is 19.7. The zero-order valence-corrected chi connectivity index (χ0v) is 28.1. The van der Waals surface area contributed by atoms with E-state index in [1.54, 1.807) is 25.1 Å². The molecule has 4 aromatic rings. The van der Waals surface area contributed by atoms with E-state index in [0.717, 1.165) is 11.1 Å². The second-order valence-electron chi connectivity index (χ2n) is 11.4. The molecule has 13 nitrogen and oxygen atoms in total. The molecule has 0 bridgehead atoms. The largest absolute Gasteiger partial charge is 0.494 e. The zero-order chi connectivity index (χ0) is 36.5. The van der Waals surface area contributed by atoms with Crippen molar-refractivity contribution < 1.29 is 33.6 Å². The Hall–Kier alpha value is -6.55. The third-order valence-corrected chi connectivity index (χ3v) is 8.19. The first kappa shape index (κ1) is 36.3. The maximum atomic E-state index is 13.3. The van der Waals surface area contributed by atoms with Crippen LogP contribution in [0, 0.1) is 48.1 Å². The van der Waals surface area contributed by atoms with Gasteiger partial charge in [0, 0.05) is 52.9 Å². The van der Waals surface area contributed by atoms with Crippen LogP contribution in [0.4, 0.5) is 22.7 Å². The number of anilines is 3. The number of carbonyl (C=O) groups excluding carboxylic acids is 4. The highest BCUT2D eigenvalue weighted by Crippen LogP contribution is 2.34. The molecule has 0 heterocycles. The molecule has 0 aliphatic carbocycles. The molecule has 1 atom stereocenters. The molecule has 256 valence electrons. The number of ether oxygens (including phenoxy) is 2. The molecule has 0 aliphatic heterocycles. The predicted molar refractivity (Wildman–Crippen MR) is 187 cm³/mol. The average molecular weight is 678 g/mol. The molecule has 4 rings (SSSR count). The number of amides is 3. The zero-order valence-electron chi connectivity index (χ0n) is 28.1. The molecule has 3 N–H and O–H groups in total. The molecule has 0 saturated carbocycles. The molecular weight excluding hydrogens is 642 g/mol. The van der Waals surface area contributed by atoms with Crippen LogP contribution >= 0.6 is 0 Å². The molecular formula is C37H35N5O8. The number of ketones is 1. The van der Waals surface area contributed by atoms with Crippen LogP contribution in [0.1, 0.15) is 60.6 Å². The number of nitriles is 1. The molecule has 0 radical (unpaired) electrons. The van der Waals surface area contributed by atoms with Gasteiger partial charge in [-0.1, -0.05) is 6.07 Å². The van der Waals surface area contributed by atoms with Gasteiger partial charge in [-0.25, -0.2) is 0 Å². The van der Waals surface area contributed by atoms with Crippen molar-refractivity contribution in [2.75, 3.05) is 30.2 Å². The summed E-state index contributed by atoms with van der Waals surface area (Å²) in [5.41, 5.74) is 4.23. The van der Waals surface area contributed by atoms with Crippen molar-refractivity contribution in [1.29, 1.82) is 5.26 Å². The fourth-order valence-corrected chi connectivity index (χ4v) is 5.26. The normalized spacial score (nSPS) is 11.0. The Balaban J connectivity index is 1.42. The van der Waals surface area contributed by atoms with Gasteiger partial charge in [0.1, 0.15) is 11.5 Å². The first-order valence-corrected chi connectivity index (χ1v) is 15.4. The van der Waals surface area contributed by atoms with Gasteiger partial charge < -0.3 is 25.4 Å². The summed E-state index contributed by atoms with van der Waals surface area (Å²) in [7, 11) is 2.97. The number of nitro groups is 1. The molecule has 4 aromatic carbocycles. The number of aryl methyl sites for hydroxylation is 1. The minimum atomic E-state index is -0.977. The van der Waals surface area contributed by atoms with Crippen LogP contribution in [0.15, 0.2) is 72.8 Å². The molecule has 0 aliphatic rings. The Kier molecular flexibility index (Phi) is 11.6. The number of carbonyl (C=O) groups is 4. The molecule has 1 unspecified atom stereocenters. The molecule has 3 amide bonds. The lowest BCUT2D eigenvalue weighted by atomic mass is 9.95. The Bertz CT molecular complexity index is 2000. The van der Waals surface area contributed by atoms with E-state index >= 15 is 0 Å². The van der Waals surface area contributed by atoms with Crippen LogP contribution in [-0.4, -0.2) is 42.6 Å². The fraction of sp³-hybridized carbons (Fsp3) is 0.216. The summed E-state index contributed by atoms with van der Waals surface area (Å²) in [4.78, 5) is 62.5. The smallest absolute Gasteiger partial charge is 0.269 e. The van der Waals surface area contributed by atoms with Gasteiger partial charge in [-0.2, -0.15) is 5.26 Å². The summed E-state index contributed by atoms with van der Waals surface area (Å²) in [5.74, 6) is -1.99. The third kappa shape index (κ3) is 8.29. The maximum Gasteiger partial charge on any atom is 0.269 e. The first-order valence-electron chi connectivity index (χ1n) is 15.4. The second kappa shape index (κ2) is 16.0. The number of nitrogens with zero attached hydrogens (tertiary/aromatic N) is 2. The van der Waals surface area contributed by atoms with Crippen molar-refractivity contribution in [1.82, 2.24) is 0 Å². The highest BCUT2D eigenvalue weighted by Gasteiger charge is 2.24. The summed E-state index contributed by atoms with van der Waals surface area (Å²) in [6.45, 7) is 5.56. The quantitative estimate of drug-likeness (QED) is 0.0777. The van der Waals surface area contributed by atoms with E-state index < -0.39 is 28.4 Å². The number of nitrogens with one attached hydrogen (secondary N) is 3. The third-order valence-electron chi connectivity index (χ3n) is 8.19. The van der Waals surface area contributed by atoms with Crippen molar-refractivity contribution >= 4 is 46.3 Å². The second-order valence-corrected chi connectivity index (χ2v) is 11.4. The molecule has 13 heteroatoms. The lowest BCUT2D eigenvalue weighted by Gasteiger charge is -2.18. The summed E-state index contributed by atoms with van der Waals surface area (Å²) in [6.07, 6.45) is -0.508. The standard InChI is InChI=1S/C37H35N5O8/c1-21-6-16-30(33(49-4)22(21)2)41-37(46)29-15-17-31(34(50-5)23(29)3)40-35(44)25-7-11-27(12-8-25)39-36(45)26(18-19-38)20-32(43)24-9-13-28(14-10-24)42(47)48/h6-17,26H,18,20H2,1-5H3,(H,39,45)(H,40,44)(H,41,46). The van der Waals surface area contributed by atoms with Crippen LogP contribution in [0.2, 0.25) is 0 Å². The van der Waals surface area contributed by atoms with Gasteiger partial charge in [-0.15, -0.1) is 0 Å². The minimum absolute atomic E-state index is 0.174. The Morgan fingerprint density at radius 2 is 1.32 bits per heavy atom. The van der Waals surface area contributed by atoms with Crippen molar-refractivity contribution in [3.8, 4) is 17.6 Å². The Morgan fingerprint density at radius 3 is 1.90 bits per heavy atom. The SMILES string of the molecule is COc1c(NC(=O)c2ccc(NC(=O)c3ccc(NC(=O)C(CC#N)CC(=O)c4ccc([N+](=O)[O-])cc4)cc3)c(OC)c2C)ccc(C)c1C. The van der Waals surface area contributed by atoms with Crippen LogP contribution in [-0.2, 0) is 4.79 Å². The van der Waals surface area contributed by atoms with Gasteiger partial charge in [0.2, 0.25) is 5.91 Å². The van der Waals surface area contributed by atoms with Crippen molar-refractivity contribution in [2.24, 2.45) is 5.92 Å². The predicted octanol–water partition coefficient (Wildman–Crippen LogP) is 6.78. The Morgan fingerprint density at radius 1 is 0.760 bits per heavy atom. The van der Waals surface area contributed by atoms with Crippen LogP contribution in [0.5, 0.6) is 11.5 Å². The summed E-state index contributed by atoms with van der Waals surface area (Å²) < 4.78 is 11.1. The summed E-state index contributed by atoms with van der Waals surface area (Å²) >= 11 is 0. The van der Waals surface area contributed by atoms with Crippen molar-refractivity contribution in [2.45, 2.75) is 33.6 Å². The molecule has 0 spiro atoms. The molecule has 0 aromatic heterocycles. The van der Waals surface area contributed by atoms with Gasteiger partial charge in [-0.05, 0) is 86.5 Å². The van der Waals surface area contributed by atoms with E-state index in [1.165, 1.54) is 62.8 Å². The fourth-order valence-electron chi connectivity index (χ4n) is 5.26. The van der Waals surface area contributed by atoms with E-state index in [2.05, 4.69) is 16.0 Å². The maximum absolute atomic E-state index is 13.3. The van der Waals surface area contributed by atoms with Gasteiger partial charge in [-0.3, -0.25) is 29.3 Å². The van der Waals surface area contributed by atoms with E-state index in [4.69, 9.17) is 9.47 Å². The number of hydrogen-bond donors (Lipinski definition) is 3. The summed E-state index contributed by atoms with van der Waals surface area (Å²) in [5, 5.41) is 28.5. The number of methoxy groups -OCH3 is 2. The highest BCUT2D eigenvalue weighted by atomic mass is 16.6. The number of Topliss-reactive ketones (excluding diaryl/α,β-unsaturated/α-hetero) is 1. The van der Waals surface area contributed by atoms with E-state index in [0.29, 0.717) is 39.7 Å². The van der Waals surface area contributed by atoms with Crippen LogP contribution in [0.25, 0.3) is 0 Å². The number of hydrogen-bond acceptors (Lipinski definition) is 9. The number of rotatable bonds is 13. The monoisotopic (exact) mass is 677 g/mol. The number of benzene rings is 4. The van der Waals surface area contributed by atoms with Gasteiger partial charge in [0.15, 0.2) is 5.78 Å². The topological polar surface area (TPSA) is 190 Å². The lowest BCUT2D eigenvalue weighted by Crippen LogP contribution is -2.25. The minimum Gasteiger partial charge on any atom is -0.494 e. The van der Waals surface area contributed by atoms with Gasteiger partial charge in [0.05, 0.1) is 42.5 Å². The first-order chi connectivity index (χ1) is 23.9. The van der Waals surface area contributed by atoms with Gasteiger partial charge >= 0.3 is 0 Å². The van der Waals surface area contributed by atoms with E-state index in [-0.39, 0.29) is 35.6 Å². The highest BCUT2D eigenvalue weighted by molar-refractivity contribution is 6.09.